The van der Waals surface area contributed by atoms with Crippen molar-refractivity contribution in [3.05, 3.63) is 0 Å². The summed E-state index contributed by atoms with van der Waals surface area (Å²) in [7, 11) is 0. The van der Waals surface area contributed by atoms with E-state index in [1.54, 1.807) is 0 Å². The van der Waals surface area contributed by atoms with Crippen molar-refractivity contribution in [3.63, 3.8) is 0 Å². The Morgan fingerprint density at radius 3 is 1.85 bits per heavy atom. The average Bonchev–Trinajstić information content (AvgIpc) is 2.54. The Morgan fingerprint density at radius 1 is 0.852 bits per heavy atom. The molecule has 0 aromatic carbocycles. The van der Waals surface area contributed by atoms with Gasteiger partial charge in [0.05, 0.1) is 0 Å². The lowest BCUT2D eigenvalue weighted by atomic mass is 9.99. The summed E-state index contributed by atoms with van der Waals surface area (Å²) >= 11 is 1.24. The summed E-state index contributed by atoms with van der Waals surface area (Å²) in [5, 5.41) is 0. The van der Waals surface area contributed by atoms with E-state index in [9.17, 15) is 19.2 Å². The lowest BCUT2D eigenvalue weighted by Gasteiger charge is -2.44. The molecule has 10 nitrogen and oxygen atoms in total. The van der Waals surface area contributed by atoms with Crippen molar-refractivity contribution in [1.29, 1.82) is 0 Å². The molecule has 27 heavy (non-hydrogen) atoms. The molecule has 5 atom stereocenters. The predicted molar refractivity (Wildman–Crippen MR) is 93.5 cm³/mol. The highest BCUT2D eigenvalue weighted by atomic mass is 32.2. The molecular formula is C16H25NO9S. The third kappa shape index (κ3) is 7.73. The number of carbonyl (C=O) groups excluding carboxylic acids is 4. The molecule has 0 bridgehead atoms. The minimum Gasteiger partial charge on any atom is -0.463 e. The summed E-state index contributed by atoms with van der Waals surface area (Å²) < 4.78 is 26.7. The minimum absolute atomic E-state index is 0.239. The monoisotopic (exact) mass is 407 g/mol. The molecule has 0 aromatic rings. The lowest BCUT2D eigenvalue weighted by molar-refractivity contribution is -0.237. The number of ether oxygens (including phenoxy) is 5. The Balaban J connectivity index is 3.22. The Morgan fingerprint density at radius 2 is 1.37 bits per heavy atom. The molecule has 1 aliphatic rings. The number of carbonyl (C=O) groups is 4. The summed E-state index contributed by atoms with van der Waals surface area (Å²) in [4.78, 5) is 45.9. The molecule has 1 heterocycles. The molecule has 0 saturated carbocycles. The fourth-order valence-corrected chi connectivity index (χ4v) is 3.50. The van der Waals surface area contributed by atoms with Crippen LogP contribution in [0.25, 0.3) is 0 Å². The highest BCUT2D eigenvalue weighted by Crippen LogP contribution is 2.34. The van der Waals surface area contributed by atoms with E-state index in [4.69, 9.17) is 29.4 Å². The van der Waals surface area contributed by atoms with Crippen LogP contribution in [0.1, 0.15) is 27.7 Å². The van der Waals surface area contributed by atoms with Crippen LogP contribution in [0.4, 0.5) is 0 Å². The van der Waals surface area contributed by atoms with Crippen LogP contribution in [0, 0.1) is 0 Å². The van der Waals surface area contributed by atoms with Crippen molar-refractivity contribution in [2.45, 2.75) is 57.5 Å². The molecule has 0 amide bonds. The number of hydrogen-bond acceptors (Lipinski definition) is 11. The van der Waals surface area contributed by atoms with Crippen molar-refractivity contribution in [2.24, 2.45) is 5.73 Å². The molecular weight excluding hydrogens is 382 g/mol. The maximum Gasteiger partial charge on any atom is 0.303 e. The normalized spacial score (nSPS) is 27.4. The summed E-state index contributed by atoms with van der Waals surface area (Å²) in [6, 6.07) is 0. The average molecular weight is 407 g/mol. The predicted octanol–water partition coefficient (Wildman–Crippen LogP) is -0.239. The molecule has 1 fully saturated rings. The summed E-state index contributed by atoms with van der Waals surface area (Å²) in [5.41, 5.74) is 4.76. The first-order valence-corrected chi connectivity index (χ1v) is 9.32. The maximum absolute atomic E-state index is 11.6. The smallest absolute Gasteiger partial charge is 0.303 e. The maximum atomic E-state index is 11.6. The minimum atomic E-state index is -1.14. The molecule has 1 aliphatic heterocycles. The topological polar surface area (TPSA) is 140 Å². The summed E-state index contributed by atoms with van der Waals surface area (Å²) in [6.45, 7) is 4.85. The van der Waals surface area contributed by atoms with Crippen LogP contribution in [0.15, 0.2) is 0 Å². The van der Waals surface area contributed by atoms with E-state index < -0.39 is 53.7 Å². The second-order valence-corrected chi connectivity index (χ2v) is 6.93. The van der Waals surface area contributed by atoms with Crippen molar-refractivity contribution < 1.29 is 42.9 Å². The van der Waals surface area contributed by atoms with E-state index in [2.05, 4.69) is 0 Å². The molecule has 11 heteroatoms. The van der Waals surface area contributed by atoms with Crippen LogP contribution in [0.5, 0.6) is 0 Å². The highest BCUT2D eigenvalue weighted by molar-refractivity contribution is 7.99. The van der Waals surface area contributed by atoms with Gasteiger partial charge >= 0.3 is 23.9 Å². The van der Waals surface area contributed by atoms with E-state index in [1.165, 1.54) is 39.5 Å². The van der Waals surface area contributed by atoms with Crippen molar-refractivity contribution in [3.8, 4) is 0 Å². The zero-order chi connectivity index (χ0) is 20.6. The number of rotatable bonds is 8. The SMILES string of the molecule is CC(=O)OC[C@H]1O[C@@H](SCCN)[C@H](OC(C)=O)[C@@H](OC(C)=O)[C@H]1OC(C)=O. The first kappa shape index (κ1) is 23.2. The zero-order valence-corrected chi connectivity index (χ0v) is 16.5. The lowest BCUT2D eigenvalue weighted by Crippen LogP contribution is -2.61. The van der Waals surface area contributed by atoms with Gasteiger partial charge in [0, 0.05) is 40.0 Å². The van der Waals surface area contributed by atoms with E-state index in [0.29, 0.717) is 12.3 Å². The number of hydrogen-bond donors (Lipinski definition) is 1. The third-order valence-corrected chi connectivity index (χ3v) is 4.53. The van der Waals surface area contributed by atoms with Gasteiger partial charge in [-0.15, -0.1) is 11.8 Å². The van der Waals surface area contributed by atoms with Crippen LogP contribution in [-0.4, -0.2) is 72.6 Å². The Hall–Kier alpha value is -1.85. The van der Waals surface area contributed by atoms with Crippen molar-refractivity contribution in [2.75, 3.05) is 18.9 Å². The molecule has 2 N–H and O–H groups in total. The van der Waals surface area contributed by atoms with E-state index in [1.807, 2.05) is 0 Å². The van der Waals surface area contributed by atoms with Crippen molar-refractivity contribution >= 4 is 35.6 Å². The second kappa shape index (κ2) is 11.1. The Kier molecular flexibility index (Phi) is 9.53. The van der Waals surface area contributed by atoms with Gasteiger partial charge in [0.25, 0.3) is 0 Å². The van der Waals surface area contributed by atoms with E-state index >= 15 is 0 Å². The first-order chi connectivity index (χ1) is 12.6. The molecule has 1 saturated heterocycles. The van der Waals surface area contributed by atoms with Crippen molar-refractivity contribution in [1.82, 2.24) is 0 Å². The summed E-state index contributed by atoms with van der Waals surface area (Å²) in [5.74, 6) is -2.04. The molecule has 0 unspecified atom stereocenters. The molecule has 0 aliphatic carbocycles. The van der Waals surface area contributed by atoms with Gasteiger partial charge in [-0.2, -0.15) is 0 Å². The fourth-order valence-electron chi connectivity index (χ4n) is 2.51. The number of nitrogens with two attached hydrogens (primary N) is 1. The molecule has 0 spiro atoms. The van der Waals surface area contributed by atoms with Gasteiger partial charge in [0.15, 0.2) is 18.3 Å². The molecule has 1 rings (SSSR count). The third-order valence-electron chi connectivity index (χ3n) is 3.35. The number of esters is 4. The van der Waals surface area contributed by atoms with E-state index in [0.717, 1.165) is 0 Å². The van der Waals surface area contributed by atoms with Crippen LogP contribution in [0.3, 0.4) is 0 Å². The standard InChI is InChI=1S/C16H25NO9S/c1-8(18)22-7-12-13(23-9(2)19)14(24-10(3)20)15(25-11(4)21)16(26-12)27-6-5-17/h12-16H,5-7,17H2,1-4H3/t12-,13+,14+,15-,16+/m1/s1. The number of thioether (sulfide) groups is 1. The van der Waals surface area contributed by atoms with Crippen LogP contribution in [0.2, 0.25) is 0 Å². The molecule has 0 radical (unpaired) electrons. The Bertz CT molecular complexity index is 556. The van der Waals surface area contributed by atoms with Gasteiger partial charge in [-0.3, -0.25) is 19.2 Å². The van der Waals surface area contributed by atoms with Crippen LogP contribution < -0.4 is 5.73 Å². The van der Waals surface area contributed by atoms with Gasteiger partial charge in [-0.1, -0.05) is 0 Å². The zero-order valence-electron chi connectivity index (χ0n) is 15.7. The van der Waals surface area contributed by atoms with Crippen LogP contribution >= 0.6 is 11.8 Å². The molecule has 0 aromatic heterocycles. The van der Waals surface area contributed by atoms with E-state index in [-0.39, 0.29) is 6.61 Å². The van der Waals surface area contributed by atoms with Gasteiger partial charge in [0.2, 0.25) is 0 Å². The second-order valence-electron chi connectivity index (χ2n) is 5.73. The van der Waals surface area contributed by atoms with Gasteiger partial charge < -0.3 is 29.4 Å². The Labute approximate surface area is 161 Å². The summed E-state index contributed by atoms with van der Waals surface area (Å²) in [6.07, 6.45) is -4.24. The highest BCUT2D eigenvalue weighted by Gasteiger charge is 2.52. The van der Waals surface area contributed by atoms with Gasteiger partial charge in [-0.25, -0.2) is 0 Å². The molecule has 154 valence electrons. The van der Waals surface area contributed by atoms with Gasteiger partial charge in [-0.05, 0) is 0 Å². The first-order valence-electron chi connectivity index (χ1n) is 8.27. The van der Waals surface area contributed by atoms with Gasteiger partial charge in [0.1, 0.15) is 18.1 Å². The largest absolute Gasteiger partial charge is 0.463 e. The quantitative estimate of drug-likeness (QED) is 0.421. The van der Waals surface area contributed by atoms with Crippen LogP contribution in [-0.2, 0) is 42.9 Å². The fraction of sp³-hybridized carbons (Fsp3) is 0.750.